The molecule has 1 unspecified atom stereocenters. The lowest BCUT2D eigenvalue weighted by Crippen LogP contribution is -2.42. The summed E-state index contributed by atoms with van der Waals surface area (Å²) in [6.07, 6.45) is 2.19. The maximum atomic E-state index is 12.7. The van der Waals surface area contributed by atoms with Crippen LogP contribution in [0.4, 0.5) is 23.8 Å². The summed E-state index contributed by atoms with van der Waals surface area (Å²) in [5.74, 6) is 1.10. The number of aromatic nitrogens is 3. The van der Waals surface area contributed by atoms with Crippen LogP contribution in [0, 0.1) is 12.8 Å². The highest BCUT2D eigenvalue weighted by Crippen LogP contribution is 2.31. The van der Waals surface area contributed by atoms with Gasteiger partial charge in [0.15, 0.2) is 5.82 Å². The maximum absolute atomic E-state index is 12.7. The summed E-state index contributed by atoms with van der Waals surface area (Å²) in [5.41, 5.74) is 2.02. The van der Waals surface area contributed by atoms with E-state index in [4.69, 9.17) is 4.74 Å². The lowest BCUT2D eigenvalue weighted by atomic mass is 9.91. The Morgan fingerprint density at radius 1 is 1.14 bits per heavy atom. The first-order valence-corrected chi connectivity index (χ1v) is 11.0. The quantitative estimate of drug-likeness (QED) is 0.496. The fourth-order valence-electron chi connectivity index (χ4n) is 3.71. The summed E-state index contributed by atoms with van der Waals surface area (Å²) in [6.45, 7) is 5.01. The van der Waals surface area contributed by atoms with Crippen LogP contribution in [0.5, 0.6) is 11.6 Å². The Morgan fingerprint density at radius 3 is 2.63 bits per heavy atom. The van der Waals surface area contributed by atoms with E-state index in [1.807, 2.05) is 19.1 Å². The molecule has 1 aromatic carbocycles. The van der Waals surface area contributed by atoms with Gasteiger partial charge in [0.25, 0.3) is 0 Å². The molecule has 1 fully saturated rings. The van der Waals surface area contributed by atoms with Crippen LogP contribution in [0.1, 0.15) is 30.2 Å². The van der Waals surface area contributed by atoms with Crippen molar-refractivity contribution in [1.82, 2.24) is 19.9 Å². The largest absolute Gasteiger partial charge is 0.439 e. The highest BCUT2D eigenvalue weighted by molar-refractivity contribution is 5.88. The number of urea groups is 1. The number of carbonyl (C=O) groups is 1. The molecule has 1 N–H and O–H groups in total. The molecule has 0 radical (unpaired) electrons. The summed E-state index contributed by atoms with van der Waals surface area (Å²) >= 11 is 0. The molecule has 2 aromatic heterocycles. The number of benzene rings is 1. The number of pyridine rings is 1. The zero-order valence-electron chi connectivity index (χ0n) is 19.2. The van der Waals surface area contributed by atoms with Crippen LogP contribution in [0.25, 0.3) is 6.08 Å². The standard InChI is InChI=1S/C25H24F3N5O2/c1-16-15-33(24(34)32-22-14-29-17(2)12-30-22)9-8-19(16)10-18-4-3-5-21(11-18)35-23-7-6-20(13-31-23)25(26,27)28/h3-7,10-14,16H,8-9,15H2,1-2H3,(H,30,32,34)/b19-10+. The van der Waals surface area contributed by atoms with Gasteiger partial charge >= 0.3 is 12.2 Å². The van der Waals surface area contributed by atoms with Crippen LogP contribution in [-0.4, -0.2) is 39.0 Å². The van der Waals surface area contributed by atoms with Crippen molar-refractivity contribution in [3.63, 3.8) is 0 Å². The van der Waals surface area contributed by atoms with Gasteiger partial charge in [-0.25, -0.2) is 14.8 Å². The number of rotatable bonds is 4. The van der Waals surface area contributed by atoms with Crippen molar-refractivity contribution in [1.29, 1.82) is 0 Å². The third-order valence-corrected chi connectivity index (χ3v) is 5.60. The van der Waals surface area contributed by atoms with E-state index in [0.29, 0.717) is 31.1 Å². The minimum absolute atomic E-state index is 0.0776. The second kappa shape index (κ2) is 10.1. The number of hydrogen-bond acceptors (Lipinski definition) is 5. The smallest absolute Gasteiger partial charge is 0.417 e. The van der Waals surface area contributed by atoms with Crippen LogP contribution < -0.4 is 10.1 Å². The van der Waals surface area contributed by atoms with E-state index in [2.05, 4.69) is 33.3 Å². The first kappa shape index (κ1) is 24.2. The van der Waals surface area contributed by atoms with Gasteiger partial charge in [0.1, 0.15) is 5.75 Å². The third kappa shape index (κ3) is 6.34. The minimum Gasteiger partial charge on any atom is -0.439 e. The number of likely N-dealkylation sites (tertiary alicyclic amines) is 1. The van der Waals surface area contributed by atoms with E-state index in [0.717, 1.165) is 23.5 Å². The molecule has 1 saturated heterocycles. The molecule has 0 bridgehead atoms. The van der Waals surface area contributed by atoms with E-state index in [9.17, 15) is 18.0 Å². The average molecular weight is 483 g/mol. The van der Waals surface area contributed by atoms with Gasteiger partial charge in [0.2, 0.25) is 5.88 Å². The summed E-state index contributed by atoms with van der Waals surface area (Å²) in [4.78, 5) is 26.4. The van der Waals surface area contributed by atoms with Gasteiger partial charge in [-0.15, -0.1) is 0 Å². The number of carbonyl (C=O) groups excluding carboxylic acids is 1. The molecule has 10 heteroatoms. The number of amides is 2. The Morgan fingerprint density at radius 2 is 1.97 bits per heavy atom. The molecule has 1 aliphatic rings. The number of piperidine rings is 1. The topological polar surface area (TPSA) is 80.2 Å². The van der Waals surface area contributed by atoms with Gasteiger partial charge in [0.05, 0.1) is 23.7 Å². The molecule has 0 aliphatic carbocycles. The summed E-state index contributed by atoms with van der Waals surface area (Å²) in [5, 5.41) is 2.78. The van der Waals surface area contributed by atoms with E-state index >= 15 is 0 Å². The molecule has 3 heterocycles. The Labute approximate surface area is 200 Å². The van der Waals surface area contributed by atoms with Crippen LogP contribution >= 0.6 is 0 Å². The van der Waals surface area contributed by atoms with Gasteiger partial charge < -0.3 is 9.64 Å². The number of alkyl halides is 3. The van der Waals surface area contributed by atoms with Crippen molar-refractivity contribution in [3.8, 4) is 11.6 Å². The summed E-state index contributed by atoms with van der Waals surface area (Å²) in [7, 11) is 0. The van der Waals surface area contributed by atoms with Gasteiger partial charge in [-0.05, 0) is 43.0 Å². The molecule has 7 nitrogen and oxygen atoms in total. The lowest BCUT2D eigenvalue weighted by Gasteiger charge is -2.33. The number of anilines is 1. The molecule has 35 heavy (non-hydrogen) atoms. The second-order valence-electron chi connectivity index (χ2n) is 8.35. The molecular formula is C25H24F3N5O2. The number of ether oxygens (including phenoxy) is 1. The maximum Gasteiger partial charge on any atom is 0.417 e. The normalized spacial score (nSPS) is 17.3. The van der Waals surface area contributed by atoms with Gasteiger partial charge in [-0.2, -0.15) is 13.2 Å². The van der Waals surface area contributed by atoms with E-state index in [-0.39, 0.29) is 17.8 Å². The summed E-state index contributed by atoms with van der Waals surface area (Å²) in [6, 6.07) is 9.15. The zero-order chi connectivity index (χ0) is 25.0. The van der Waals surface area contributed by atoms with Gasteiger partial charge in [-0.1, -0.05) is 30.7 Å². The van der Waals surface area contributed by atoms with Gasteiger partial charge in [0, 0.05) is 25.4 Å². The fraction of sp³-hybridized carbons (Fsp3) is 0.280. The Hall–Kier alpha value is -3.95. The van der Waals surface area contributed by atoms with Crippen LogP contribution in [0.2, 0.25) is 0 Å². The van der Waals surface area contributed by atoms with E-state index in [1.54, 1.807) is 23.2 Å². The number of halogens is 3. The predicted octanol–water partition coefficient (Wildman–Crippen LogP) is 5.95. The van der Waals surface area contributed by atoms with Crippen molar-refractivity contribution < 1.29 is 22.7 Å². The molecule has 4 rings (SSSR count). The number of aryl methyl sites for hydroxylation is 1. The third-order valence-electron chi connectivity index (χ3n) is 5.60. The van der Waals surface area contributed by atoms with Gasteiger partial charge in [-0.3, -0.25) is 10.3 Å². The Balaban J connectivity index is 1.38. The Bertz CT molecular complexity index is 1210. The first-order valence-electron chi connectivity index (χ1n) is 11.0. The van der Waals surface area contributed by atoms with Crippen LogP contribution in [-0.2, 0) is 6.18 Å². The van der Waals surface area contributed by atoms with Crippen molar-refractivity contribution in [3.05, 3.63) is 77.4 Å². The molecule has 1 atom stereocenters. The SMILES string of the molecule is Cc1cnc(NC(=O)N2CC/C(=C\c3cccc(Oc4ccc(C(F)(F)F)cn4)c3)C(C)C2)cn1. The van der Waals surface area contributed by atoms with Crippen molar-refractivity contribution in [2.45, 2.75) is 26.4 Å². The lowest BCUT2D eigenvalue weighted by molar-refractivity contribution is -0.137. The van der Waals surface area contributed by atoms with Crippen molar-refractivity contribution >= 4 is 17.9 Å². The molecule has 182 valence electrons. The highest BCUT2D eigenvalue weighted by atomic mass is 19.4. The van der Waals surface area contributed by atoms with Crippen molar-refractivity contribution in [2.75, 3.05) is 18.4 Å². The average Bonchev–Trinajstić information content (AvgIpc) is 2.82. The predicted molar refractivity (Wildman–Crippen MR) is 125 cm³/mol. The first-order chi connectivity index (χ1) is 16.7. The number of nitrogens with one attached hydrogen (secondary N) is 1. The highest BCUT2D eigenvalue weighted by Gasteiger charge is 2.30. The molecule has 0 saturated carbocycles. The summed E-state index contributed by atoms with van der Waals surface area (Å²) < 4.78 is 43.8. The fourth-order valence-corrected chi connectivity index (χ4v) is 3.71. The minimum atomic E-state index is -4.45. The molecule has 2 amide bonds. The number of hydrogen-bond donors (Lipinski definition) is 1. The van der Waals surface area contributed by atoms with E-state index in [1.165, 1.54) is 17.8 Å². The van der Waals surface area contributed by atoms with E-state index < -0.39 is 11.7 Å². The monoisotopic (exact) mass is 483 g/mol. The van der Waals surface area contributed by atoms with Crippen molar-refractivity contribution in [2.24, 2.45) is 5.92 Å². The molecule has 1 aliphatic heterocycles. The Kier molecular flexibility index (Phi) is 6.99. The molecule has 0 spiro atoms. The molecule has 3 aromatic rings. The zero-order valence-corrected chi connectivity index (χ0v) is 19.2. The second-order valence-corrected chi connectivity index (χ2v) is 8.35. The molecular weight excluding hydrogens is 459 g/mol. The van der Waals surface area contributed by atoms with Crippen LogP contribution in [0.3, 0.4) is 0 Å². The number of nitrogens with zero attached hydrogens (tertiary/aromatic N) is 4. The van der Waals surface area contributed by atoms with Crippen LogP contribution in [0.15, 0.2) is 60.6 Å².